The van der Waals surface area contributed by atoms with Gasteiger partial charge in [-0.3, -0.25) is 4.99 Å². The molecule has 0 aromatic heterocycles. The van der Waals surface area contributed by atoms with E-state index < -0.39 is 11.7 Å². The Morgan fingerprint density at radius 3 is 2.18 bits per heavy atom. The van der Waals surface area contributed by atoms with Gasteiger partial charge in [0.1, 0.15) is 0 Å². The van der Waals surface area contributed by atoms with Crippen molar-refractivity contribution in [3.63, 3.8) is 0 Å². The highest BCUT2D eigenvalue weighted by molar-refractivity contribution is 5.92. The molecule has 3 rings (SSSR count). The quantitative estimate of drug-likeness (QED) is 0.277. The molecule has 5 heteroatoms. The number of hydrogen-bond donors (Lipinski definition) is 1. The monoisotopic (exact) mass is 464 g/mol. The summed E-state index contributed by atoms with van der Waals surface area (Å²) >= 11 is 0. The van der Waals surface area contributed by atoms with E-state index in [-0.39, 0.29) is 6.04 Å². The second-order valence-corrected chi connectivity index (χ2v) is 9.06. The van der Waals surface area contributed by atoms with E-state index in [1.54, 1.807) is 13.0 Å². The van der Waals surface area contributed by atoms with E-state index in [2.05, 4.69) is 32.6 Å². The number of hydrogen-bond acceptors (Lipinski definition) is 2. The topological polar surface area (TPSA) is 38.4 Å². The van der Waals surface area contributed by atoms with Crippen LogP contribution in [0.1, 0.15) is 59.7 Å². The van der Waals surface area contributed by atoms with Crippen LogP contribution in [0.2, 0.25) is 0 Å². The zero-order chi connectivity index (χ0) is 25.0. The maximum Gasteiger partial charge on any atom is 0.416 e. The minimum Gasteiger partial charge on any atom is -0.398 e. The predicted molar refractivity (Wildman–Crippen MR) is 137 cm³/mol. The summed E-state index contributed by atoms with van der Waals surface area (Å²) in [6, 6.07) is 15.6. The zero-order valence-electron chi connectivity index (χ0n) is 20.1. The fourth-order valence-electron chi connectivity index (χ4n) is 4.10. The van der Waals surface area contributed by atoms with Crippen LogP contribution in [-0.4, -0.2) is 6.21 Å². The number of benzene rings is 3. The molecule has 1 unspecified atom stereocenters. The third-order valence-electron chi connectivity index (χ3n) is 6.03. The normalized spacial score (nSPS) is 12.9. The van der Waals surface area contributed by atoms with Crippen molar-refractivity contribution in [2.75, 3.05) is 5.73 Å². The van der Waals surface area contributed by atoms with Gasteiger partial charge < -0.3 is 5.73 Å². The van der Waals surface area contributed by atoms with Crippen molar-refractivity contribution in [2.24, 2.45) is 10.9 Å². The number of aliphatic imine (C=N–C) groups is 1. The molecule has 2 N–H and O–H groups in total. The van der Waals surface area contributed by atoms with Gasteiger partial charge in [0.15, 0.2) is 0 Å². The highest BCUT2D eigenvalue weighted by atomic mass is 19.4. The van der Waals surface area contributed by atoms with Crippen molar-refractivity contribution in [1.29, 1.82) is 0 Å². The molecule has 3 aromatic rings. The van der Waals surface area contributed by atoms with Crippen molar-refractivity contribution in [3.05, 3.63) is 94.6 Å². The molecular weight excluding hydrogens is 433 g/mol. The minimum atomic E-state index is -4.37. The minimum absolute atomic E-state index is 0.0332. The standard InChI is InChI=1S/C29H31F3N2/c1-6-21-7-9-22(10-8-21)28(15-18(2)3)34-17-26-20(5)25(13-14-27(26)33)24-12-11-23(16-19(24)4)29(30,31)32/h6-14,16-18,28H,1,15,33H2,2-5H3. The molecule has 0 spiro atoms. The zero-order valence-corrected chi connectivity index (χ0v) is 20.1. The van der Waals surface area contributed by atoms with Gasteiger partial charge in [-0.2, -0.15) is 13.2 Å². The van der Waals surface area contributed by atoms with Gasteiger partial charge in [0.2, 0.25) is 0 Å². The summed E-state index contributed by atoms with van der Waals surface area (Å²) in [7, 11) is 0. The van der Waals surface area contributed by atoms with Crippen LogP contribution in [0.15, 0.2) is 66.2 Å². The lowest BCUT2D eigenvalue weighted by molar-refractivity contribution is -0.137. The molecule has 0 aliphatic carbocycles. The first-order chi connectivity index (χ1) is 16.0. The lowest BCUT2D eigenvalue weighted by Gasteiger charge is -2.18. The van der Waals surface area contributed by atoms with Gasteiger partial charge in [0.05, 0.1) is 11.6 Å². The van der Waals surface area contributed by atoms with E-state index in [4.69, 9.17) is 10.7 Å². The van der Waals surface area contributed by atoms with E-state index in [0.717, 1.165) is 45.9 Å². The average Bonchev–Trinajstić information content (AvgIpc) is 2.78. The second kappa shape index (κ2) is 10.3. The van der Waals surface area contributed by atoms with E-state index >= 15 is 0 Å². The Morgan fingerprint density at radius 1 is 0.971 bits per heavy atom. The first-order valence-corrected chi connectivity index (χ1v) is 11.3. The molecule has 178 valence electrons. The number of anilines is 1. The van der Waals surface area contributed by atoms with Crippen LogP contribution in [0.25, 0.3) is 17.2 Å². The van der Waals surface area contributed by atoms with Gasteiger partial charge in [-0.15, -0.1) is 0 Å². The lowest BCUT2D eigenvalue weighted by Crippen LogP contribution is -2.06. The number of halogens is 3. The number of nitrogen functional groups attached to an aromatic ring is 1. The Morgan fingerprint density at radius 2 is 1.62 bits per heavy atom. The summed E-state index contributed by atoms with van der Waals surface area (Å²) < 4.78 is 39.3. The number of nitrogens with two attached hydrogens (primary N) is 1. The molecule has 2 nitrogen and oxygen atoms in total. The third-order valence-corrected chi connectivity index (χ3v) is 6.03. The molecule has 0 saturated heterocycles. The molecule has 0 aliphatic heterocycles. The molecule has 34 heavy (non-hydrogen) atoms. The second-order valence-electron chi connectivity index (χ2n) is 9.06. The molecular formula is C29H31F3N2. The molecule has 0 amide bonds. The number of alkyl halides is 3. The molecule has 3 aromatic carbocycles. The van der Waals surface area contributed by atoms with Crippen LogP contribution in [0, 0.1) is 19.8 Å². The number of rotatable bonds is 7. The van der Waals surface area contributed by atoms with Gasteiger partial charge in [0, 0.05) is 17.5 Å². The van der Waals surface area contributed by atoms with Crippen LogP contribution < -0.4 is 5.73 Å². The van der Waals surface area contributed by atoms with Crippen LogP contribution >= 0.6 is 0 Å². The summed E-state index contributed by atoms with van der Waals surface area (Å²) in [5.74, 6) is 0.445. The first kappa shape index (κ1) is 25.3. The van der Waals surface area contributed by atoms with Crippen molar-refractivity contribution < 1.29 is 13.2 Å². The molecule has 0 heterocycles. The summed E-state index contributed by atoms with van der Waals surface area (Å²) in [5, 5.41) is 0. The molecule has 0 radical (unpaired) electrons. The third kappa shape index (κ3) is 5.77. The van der Waals surface area contributed by atoms with Gasteiger partial charge >= 0.3 is 6.18 Å². The molecule has 0 fully saturated rings. The Bertz CT molecular complexity index is 1190. The van der Waals surface area contributed by atoms with Crippen molar-refractivity contribution in [2.45, 2.75) is 46.3 Å². The Hall–Kier alpha value is -3.34. The van der Waals surface area contributed by atoms with Crippen LogP contribution in [0.3, 0.4) is 0 Å². The van der Waals surface area contributed by atoms with E-state index in [0.29, 0.717) is 17.2 Å². The fourth-order valence-corrected chi connectivity index (χ4v) is 4.10. The average molecular weight is 465 g/mol. The van der Waals surface area contributed by atoms with Gasteiger partial charge in [-0.25, -0.2) is 0 Å². The molecule has 1 atom stereocenters. The smallest absolute Gasteiger partial charge is 0.398 e. The molecule has 0 aliphatic rings. The predicted octanol–water partition coefficient (Wildman–Crippen LogP) is 8.42. The summed E-state index contributed by atoms with van der Waals surface area (Å²) in [5.41, 5.74) is 12.2. The molecule has 0 saturated carbocycles. The first-order valence-electron chi connectivity index (χ1n) is 11.3. The van der Waals surface area contributed by atoms with E-state index in [9.17, 15) is 13.2 Å². The Kier molecular flexibility index (Phi) is 7.65. The van der Waals surface area contributed by atoms with Crippen molar-refractivity contribution >= 4 is 18.0 Å². The Labute approximate surface area is 200 Å². The van der Waals surface area contributed by atoms with E-state index in [1.165, 1.54) is 12.1 Å². The summed E-state index contributed by atoms with van der Waals surface area (Å²) in [6.07, 6.45) is 0.124. The summed E-state index contributed by atoms with van der Waals surface area (Å²) in [4.78, 5) is 4.91. The van der Waals surface area contributed by atoms with Crippen LogP contribution in [0.5, 0.6) is 0 Å². The largest absolute Gasteiger partial charge is 0.416 e. The maximum absolute atomic E-state index is 13.1. The van der Waals surface area contributed by atoms with Crippen molar-refractivity contribution in [3.8, 4) is 11.1 Å². The highest BCUT2D eigenvalue weighted by Crippen LogP contribution is 2.36. The maximum atomic E-state index is 13.1. The van der Waals surface area contributed by atoms with Gasteiger partial charge in [-0.1, -0.05) is 62.9 Å². The van der Waals surface area contributed by atoms with Crippen LogP contribution in [-0.2, 0) is 6.18 Å². The summed E-state index contributed by atoms with van der Waals surface area (Å²) in [6.45, 7) is 11.8. The SMILES string of the molecule is C=Cc1ccc(C(CC(C)C)N=Cc2c(N)ccc(-c3ccc(C(F)(F)F)cc3C)c2C)cc1. The highest BCUT2D eigenvalue weighted by Gasteiger charge is 2.30. The van der Waals surface area contributed by atoms with E-state index in [1.807, 2.05) is 37.4 Å². The lowest BCUT2D eigenvalue weighted by atomic mass is 9.92. The Balaban J connectivity index is 2.01. The number of nitrogens with zero attached hydrogens (tertiary/aromatic N) is 1. The number of aryl methyl sites for hydroxylation is 1. The van der Waals surface area contributed by atoms with Crippen molar-refractivity contribution in [1.82, 2.24) is 0 Å². The van der Waals surface area contributed by atoms with Gasteiger partial charge in [-0.05, 0) is 77.8 Å². The van der Waals surface area contributed by atoms with Gasteiger partial charge in [0.25, 0.3) is 0 Å². The fraction of sp³-hybridized carbons (Fsp3) is 0.276. The van der Waals surface area contributed by atoms with Crippen LogP contribution in [0.4, 0.5) is 18.9 Å². The molecule has 0 bridgehead atoms.